The van der Waals surface area contributed by atoms with E-state index in [4.69, 9.17) is 6.42 Å². The van der Waals surface area contributed by atoms with Gasteiger partial charge in [0.15, 0.2) is 0 Å². The number of thioether (sulfide) groups is 1. The third-order valence-corrected chi connectivity index (χ3v) is 3.10. The van der Waals surface area contributed by atoms with Crippen LogP contribution in [0.2, 0.25) is 0 Å². The zero-order valence-corrected chi connectivity index (χ0v) is 10.2. The van der Waals surface area contributed by atoms with Crippen LogP contribution in [0.3, 0.4) is 0 Å². The molecule has 3 heteroatoms. The van der Waals surface area contributed by atoms with Crippen molar-refractivity contribution in [3.8, 4) is 12.3 Å². The quantitative estimate of drug-likeness (QED) is 0.603. The average molecular weight is 237 g/mol. The van der Waals surface area contributed by atoms with Crippen LogP contribution in [0.25, 0.3) is 0 Å². The monoisotopic (exact) mass is 237 g/mol. The molecule has 0 aliphatic carbocycles. The predicted molar refractivity (Wildman–Crippen MR) is 69.0 cm³/mol. The highest BCUT2D eigenvalue weighted by molar-refractivity contribution is 7.99. The van der Waals surface area contributed by atoms with E-state index in [0.29, 0.717) is 6.54 Å². The van der Waals surface area contributed by atoms with Crippen LogP contribution in [-0.2, 0) is 6.54 Å². The average Bonchev–Trinajstić information content (AvgIpc) is 2.28. The predicted octanol–water partition coefficient (Wildman–Crippen LogP) is 2.59. The van der Waals surface area contributed by atoms with E-state index < -0.39 is 0 Å². The van der Waals surface area contributed by atoms with Crippen LogP contribution in [0.15, 0.2) is 18.2 Å². The second-order valence-electron chi connectivity index (χ2n) is 3.50. The Bertz CT molecular complexity index is 371. The van der Waals surface area contributed by atoms with Crippen LogP contribution in [0, 0.1) is 25.1 Å². The molecule has 0 saturated carbocycles. The van der Waals surface area contributed by atoms with Gasteiger partial charge < -0.3 is 5.32 Å². The molecule has 0 aromatic heterocycles. The van der Waals surface area contributed by atoms with E-state index in [2.05, 4.69) is 11.2 Å². The van der Waals surface area contributed by atoms with Gasteiger partial charge in [-0.2, -0.15) is 0 Å². The first-order chi connectivity index (χ1) is 7.74. The third kappa shape index (κ3) is 4.69. The Hall–Kier alpha value is -0.980. The van der Waals surface area contributed by atoms with Crippen molar-refractivity contribution in [2.24, 2.45) is 0 Å². The van der Waals surface area contributed by atoms with Gasteiger partial charge in [-0.3, -0.25) is 0 Å². The summed E-state index contributed by atoms with van der Waals surface area (Å²) in [6, 6.07) is 4.87. The standard InChI is InChI=1S/C13H16FNS/c1-3-7-16-8-6-15-10-12-9-13(14)5-4-11(12)2/h1,4-5,9,15H,6-8,10H2,2H3. The van der Waals surface area contributed by atoms with E-state index >= 15 is 0 Å². The molecule has 1 aromatic carbocycles. The van der Waals surface area contributed by atoms with Crippen LogP contribution in [0.5, 0.6) is 0 Å². The van der Waals surface area contributed by atoms with Gasteiger partial charge in [-0.15, -0.1) is 18.2 Å². The summed E-state index contributed by atoms with van der Waals surface area (Å²) in [5.74, 6) is 4.14. The molecule has 0 unspecified atom stereocenters. The molecule has 0 fully saturated rings. The minimum atomic E-state index is -0.177. The van der Waals surface area contributed by atoms with Crippen molar-refractivity contribution in [1.82, 2.24) is 5.32 Å². The summed E-state index contributed by atoms with van der Waals surface area (Å²) in [7, 11) is 0. The van der Waals surface area contributed by atoms with E-state index in [1.54, 1.807) is 23.9 Å². The lowest BCUT2D eigenvalue weighted by Crippen LogP contribution is -2.17. The number of rotatable bonds is 6. The summed E-state index contributed by atoms with van der Waals surface area (Å²) >= 11 is 1.72. The van der Waals surface area contributed by atoms with Gasteiger partial charge in [0, 0.05) is 18.8 Å². The number of benzene rings is 1. The molecule has 0 atom stereocenters. The van der Waals surface area contributed by atoms with Crippen molar-refractivity contribution in [3.05, 3.63) is 35.1 Å². The molecule has 0 heterocycles. The minimum Gasteiger partial charge on any atom is -0.312 e. The molecule has 0 radical (unpaired) electrons. The summed E-state index contributed by atoms with van der Waals surface area (Å²) in [5.41, 5.74) is 2.13. The Labute approximate surface area is 101 Å². The number of hydrogen-bond acceptors (Lipinski definition) is 2. The fourth-order valence-corrected chi connectivity index (χ4v) is 1.88. The molecule has 1 nitrogen and oxygen atoms in total. The summed E-state index contributed by atoms with van der Waals surface area (Å²) in [6.07, 6.45) is 5.14. The first-order valence-corrected chi connectivity index (χ1v) is 6.36. The molecule has 0 aliphatic rings. The molecule has 0 spiro atoms. The maximum atomic E-state index is 13.0. The highest BCUT2D eigenvalue weighted by Gasteiger charge is 1.99. The largest absolute Gasteiger partial charge is 0.312 e. The lowest BCUT2D eigenvalue weighted by atomic mass is 10.1. The highest BCUT2D eigenvalue weighted by atomic mass is 32.2. The van der Waals surface area contributed by atoms with Gasteiger partial charge in [-0.25, -0.2) is 4.39 Å². The molecule has 86 valence electrons. The van der Waals surface area contributed by atoms with Crippen LogP contribution in [-0.4, -0.2) is 18.1 Å². The molecule has 1 aromatic rings. The molecule has 0 saturated heterocycles. The van der Waals surface area contributed by atoms with Crippen molar-refractivity contribution in [2.75, 3.05) is 18.1 Å². The van der Waals surface area contributed by atoms with Crippen molar-refractivity contribution < 1.29 is 4.39 Å². The van der Waals surface area contributed by atoms with Crippen molar-refractivity contribution in [2.45, 2.75) is 13.5 Å². The molecule has 0 bridgehead atoms. The van der Waals surface area contributed by atoms with Crippen LogP contribution in [0.1, 0.15) is 11.1 Å². The molecular formula is C13H16FNS. The van der Waals surface area contributed by atoms with Gasteiger partial charge in [0.25, 0.3) is 0 Å². The molecular weight excluding hydrogens is 221 g/mol. The van der Waals surface area contributed by atoms with Crippen molar-refractivity contribution >= 4 is 11.8 Å². The van der Waals surface area contributed by atoms with Crippen molar-refractivity contribution in [3.63, 3.8) is 0 Å². The summed E-state index contributed by atoms with van der Waals surface area (Å²) < 4.78 is 13.0. The van der Waals surface area contributed by atoms with Crippen molar-refractivity contribution in [1.29, 1.82) is 0 Å². The zero-order valence-electron chi connectivity index (χ0n) is 9.42. The Morgan fingerprint density at radius 3 is 3.06 bits per heavy atom. The highest BCUT2D eigenvalue weighted by Crippen LogP contribution is 2.09. The Morgan fingerprint density at radius 1 is 1.50 bits per heavy atom. The van der Waals surface area contributed by atoms with Crippen LogP contribution >= 0.6 is 11.8 Å². The lowest BCUT2D eigenvalue weighted by Gasteiger charge is -2.07. The van der Waals surface area contributed by atoms with Gasteiger partial charge >= 0.3 is 0 Å². The van der Waals surface area contributed by atoms with Gasteiger partial charge in [0.05, 0.1) is 5.75 Å². The maximum absolute atomic E-state index is 13.0. The van der Waals surface area contributed by atoms with Gasteiger partial charge in [-0.05, 0) is 30.2 Å². The molecule has 16 heavy (non-hydrogen) atoms. The number of halogens is 1. The van der Waals surface area contributed by atoms with Crippen LogP contribution in [0.4, 0.5) is 4.39 Å². The second-order valence-corrected chi connectivity index (χ2v) is 4.61. The lowest BCUT2D eigenvalue weighted by molar-refractivity contribution is 0.621. The topological polar surface area (TPSA) is 12.0 Å². The molecule has 0 aliphatic heterocycles. The van der Waals surface area contributed by atoms with Gasteiger partial charge in [0.2, 0.25) is 0 Å². The SMILES string of the molecule is C#CCSCCNCc1cc(F)ccc1C. The first-order valence-electron chi connectivity index (χ1n) is 5.21. The van der Waals surface area contributed by atoms with Gasteiger partial charge in [0.1, 0.15) is 5.82 Å². The molecule has 0 amide bonds. The smallest absolute Gasteiger partial charge is 0.123 e. The Morgan fingerprint density at radius 2 is 2.31 bits per heavy atom. The van der Waals surface area contributed by atoms with E-state index in [1.165, 1.54) is 6.07 Å². The summed E-state index contributed by atoms with van der Waals surface area (Å²) in [6.45, 7) is 3.59. The fraction of sp³-hybridized carbons (Fsp3) is 0.385. The minimum absolute atomic E-state index is 0.177. The Kier molecular flexibility index (Phi) is 5.99. The first kappa shape index (κ1) is 13.1. The summed E-state index contributed by atoms with van der Waals surface area (Å²) in [4.78, 5) is 0. The number of hydrogen-bond donors (Lipinski definition) is 1. The maximum Gasteiger partial charge on any atom is 0.123 e. The molecule has 1 rings (SSSR count). The van der Waals surface area contributed by atoms with Gasteiger partial charge in [-0.1, -0.05) is 12.0 Å². The van der Waals surface area contributed by atoms with E-state index in [9.17, 15) is 4.39 Å². The van der Waals surface area contributed by atoms with Crippen LogP contribution < -0.4 is 5.32 Å². The zero-order chi connectivity index (χ0) is 11.8. The van der Waals surface area contributed by atoms with E-state index in [-0.39, 0.29) is 5.82 Å². The second kappa shape index (κ2) is 7.32. The number of nitrogens with one attached hydrogen (secondary N) is 1. The Balaban J connectivity index is 2.27. The number of aryl methyl sites for hydroxylation is 1. The third-order valence-electron chi connectivity index (χ3n) is 2.24. The number of terminal acetylenes is 1. The summed E-state index contributed by atoms with van der Waals surface area (Å²) in [5, 5.41) is 3.27. The fourth-order valence-electron chi connectivity index (χ4n) is 1.33. The van der Waals surface area contributed by atoms with E-state index in [1.807, 2.05) is 6.92 Å². The van der Waals surface area contributed by atoms with E-state index in [0.717, 1.165) is 29.2 Å². The molecule has 1 N–H and O–H groups in total. The normalized spacial score (nSPS) is 10.1.